The number of carbonyl (C=O) groups excluding carboxylic acids is 2. The van der Waals surface area contributed by atoms with Crippen LogP contribution >= 0.6 is 23.2 Å². The molecule has 0 atom stereocenters. The Morgan fingerprint density at radius 2 is 1.89 bits per heavy atom. The van der Waals surface area contributed by atoms with Crippen molar-refractivity contribution in [2.45, 2.75) is 6.42 Å². The second-order valence-corrected chi connectivity index (χ2v) is 4.53. The van der Waals surface area contributed by atoms with E-state index in [0.717, 1.165) is 5.56 Å². The Labute approximate surface area is 121 Å². The van der Waals surface area contributed by atoms with E-state index in [-0.39, 0.29) is 24.8 Å². The number of ether oxygens (including phenoxy) is 1. The standard InChI is InChI=1S/C13H13Cl2NO3/c1-19-13(18)4-5-16-12(17)3-2-9-6-10(14)8-11(15)7-9/h2-3,6-8H,4-5H2,1H3,(H,16,17)/b3-2+. The molecule has 6 heteroatoms. The second kappa shape index (κ2) is 7.81. The van der Waals surface area contributed by atoms with Crippen molar-refractivity contribution in [3.63, 3.8) is 0 Å². The van der Waals surface area contributed by atoms with Crippen LogP contribution in [0.5, 0.6) is 0 Å². The topological polar surface area (TPSA) is 55.4 Å². The van der Waals surface area contributed by atoms with Crippen LogP contribution in [0.1, 0.15) is 12.0 Å². The Balaban J connectivity index is 2.47. The lowest BCUT2D eigenvalue weighted by Crippen LogP contribution is -2.24. The number of benzene rings is 1. The molecule has 0 heterocycles. The highest BCUT2D eigenvalue weighted by Crippen LogP contribution is 2.19. The molecule has 1 aromatic rings. The summed E-state index contributed by atoms with van der Waals surface area (Å²) in [5, 5.41) is 3.55. The number of nitrogens with one attached hydrogen (secondary N) is 1. The normalized spacial score (nSPS) is 10.5. The fourth-order valence-electron chi connectivity index (χ4n) is 1.29. The molecule has 1 rings (SSSR count). The van der Waals surface area contributed by atoms with E-state index < -0.39 is 0 Å². The minimum Gasteiger partial charge on any atom is -0.469 e. The van der Waals surface area contributed by atoms with E-state index in [1.165, 1.54) is 13.2 Å². The summed E-state index contributed by atoms with van der Waals surface area (Å²) in [6.07, 6.45) is 3.07. The summed E-state index contributed by atoms with van der Waals surface area (Å²) in [6.45, 7) is 0.228. The molecule has 0 fully saturated rings. The molecule has 0 saturated carbocycles. The van der Waals surface area contributed by atoms with Gasteiger partial charge in [-0.15, -0.1) is 0 Å². The summed E-state index contributed by atoms with van der Waals surface area (Å²) in [5.41, 5.74) is 0.723. The Morgan fingerprint density at radius 3 is 2.47 bits per heavy atom. The van der Waals surface area contributed by atoms with Gasteiger partial charge < -0.3 is 10.1 Å². The van der Waals surface area contributed by atoms with E-state index in [4.69, 9.17) is 23.2 Å². The van der Waals surface area contributed by atoms with Crippen LogP contribution in [0.15, 0.2) is 24.3 Å². The molecule has 1 aromatic carbocycles. The molecule has 0 radical (unpaired) electrons. The number of methoxy groups -OCH3 is 1. The van der Waals surface area contributed by atoms with Crippen molar-refractivity contribution in [2.75, 3.05) is 13.7 Å². The van der Waals surface area contributed by atoms with Crippen LogP contribution in [-0.4, -0.2) is 25.5 Å². The maximum absolute atomic E-state index is 11.4. The summed E-state index contributed by atoms with van der Waals surface area (Å²) >= 11 is 11.7. The molecule has 102 valence electrons. The third kappa shape index (κ3) is 6.27. The molecule has 4 nitrogen and oxygen atoms in total. The highest BCUT2D eigenvalue weighted by molar-refractivity contribution is 6.34. The molecule has 0 spiro atoms. The number of rotatable bonds is 5. The van der Waals surface area contributed by atoms with Crippen molar-refractivity contribution in [1.29, 1.82) is 0 Å². The fraction of sp³-hybridized carbons (Fsp3) is 0.231. The van der Waals surface area contributed by atoms with E-state index >= 15 is 0 Å². The molecule has 1 amide bonds. The van der Waals surface area contributed by atoms with E-state index in [9.17, 15) is 9.59 Å². The van der Waals surface area contributed by atoms with Gasteiger partial charge in [-0.25, -0.2) is 0 Å². The summed E-state index contributed by atoms with van der Waals surface area (Å²) < 4.78 is 4.45. The average Bonchev–Trinajstić information content (AvgIpc) is 2.35. The van der Waals surface area contributed by atoms with Crippen molar-refractivity contribution >= 4 is 41.2 Å². The van der Waals surface area contributed by atoms with Crippen molar-refractivity contribution in [3.05, 3.63) is 39.9 Å². The average molecular weight is 302 g/mol. The molecule has 19 heavy (non-hydrogen) atoms. The molecule has 0 unspecified atom stereocenters. The van der Waals surface area contributed by atoms with Crippen molar-refractivity contribution in [1.82, 2.24) is 5.32 Å². The lowest BCUT2D eigenvalue weighted by Gasteiger charge is -2.01. The largest absolute Gasteiger partial charge is 0.469 e. The van der Waals surface area contributed by atoms with Gasteiger partial charge >= 0.3 is 5.97 Å². The number of esters is 1. The maximum atomic E-state index is 11.4. The summed E-state index contributed by atoms with van der Waals surface area (Å²) in [5.74, 6) is -0.675. The third-order valence-corrected chi connectivity index (χ3v) is 2.60. The van der Waals surface area contributed by atoms with Gasteiger partial charge in [-0.05, 0) is 29.8 Å². The number of hydrogen-bond donors (Lipinski definition) is 1. The van der Waals surface area contributed by atoms with Gasteiger partial charge in [0.1, 0.15) is 0 Å². The molecular formula is C13H13Cl2NO3. The van der Waals surface area contributed by atoms with Crippen LogP contribution in [0.4, 0.5) is 0 Å². The molecule has 0 saturated heterocycles. The summed E-state index contributed by atoms with van der Waals surface area (Å²) in [6, 6.07) is 4.98. The third-order valence-electron chi connectivity index (χ3n) is 2.17. The first-order valence-electron chi connectivity index (χ1n) is 5.50. The molecule has 0 aliphatic heterocycles. The molecule has 0 aliphatic rings. The highest BCUT2D eigenvalue weighted by atomic mass is 35.5. The molecule has 0 aromatic heterocycles. The van der Waals surface area contributed by atoms with Crippen molar-refractivity contribution < 1.29 is 14.3 Å². The van der Waals surface area contributed by atoms with Gasteiger partial charge in [0.15, 0.2) is 0 Å². The summed E-state index contributed by atoms with van der Waals surface area (Å²) in [4.78, 5) is 22.3. The van der Waals surface area contributed by atoms with Gasteiger partial charge in [0.2, 0.25) is 5.91 Å². The van der Waals surface area contributed by atoms with Crippen LogP contribution in [0.3, 0.4) is 0 Å². The van der Waals surface area contributed by atoms with Gasteiger partial charge in [-0.3, -0.25) is 9.59 Å². The second-order valence-electron chi connectivity index (χ2n) is 3.65. The zero-order chi connectivity index (χ0) is 14.3. The van der Waals surface area contributed by atoms with E-state index in [0.29, 0.717) is 10.0 Å². The van der Waals surface area contributed by atoms with Crippen LogP contribution in [-0.2, 0) is 14.3 Å². The lowest BCUT2D eigenvalue weighted by atomic mass is 10.2. The Morgan fingerprint density at radius 1 is 1.26 bits per heavy atom. The first kappa shape index (κ1) is 15.5. The van der Waals surface area contributed by atoms with E-state index in [2.05, 4.69) is 10.1 Å². The smallest absolute Gasteiger partial charge is 0.307 e. The minimum atomic E-state index is -0.370. The van der Waals surface area contributed by atoms with Crippen LogP contribution < -0.4 is 5.32 Å². The first-order chi connectivity index (χ1) is 9.01. The van der Waals surface area contributed by atoms with E-state index in [1.807, 2.05) is 0 Å². The lowest BCUT2D eigenvalue weighted by molar-refractivity contribution is -0.140. The predicted octanol–water partition coefficient (Wildman–Crippen LogP) is 2.69. The first-order valence-corrected chi connectivity index (χ1v) is 6.25. The van der Waals surface area contributed by atoms with Gasteiger partial charge in [0.05, 0.1) is 13.5 Å². The quantitative estimate of drug-likeness (QED) is 0.672. The van der Waals surface area contributed by atoms with Gasteiger partial charge in [-0.1, -0.05) is 23.2 Å². The minimum absolute atomic E-state index is 0.138. The monoisotopic (exact) mass is 301 g/mol. The molecular weight excluding hydrogens is 289 g/mol. The van der Waals surface area contributed by atoms with Crippen LogP contribution in [0, 0.1) is 0 Å². The van der Waals surface area contributed by atoms with Crippen LogP contribution in [0.2, 0.25) is 10.0 Å². The molecule has 0 bridgehead atoms. The van der Waals surface area contributed by atoms with Gasteiger partial charge in [0, 0.05) is 22.7 Å². The van der Waals surface area contributed by atoms with Crippen LogP contribution in [0.25, 0.3) is 6.08 Å². The fourth-order valence-corrected chi connectivity index (χ4v) is 1.83. The predicted molar refractivity (Wildman–Crippen MR) is 75.1 cm³/mol. The SMILES string of the molecule is COC(=O)CCNC(=O)/C=C/c1cc(Cl)cc(Cl)c1. The number of hydrogen-bond acceptors (Lipinski definition) is 3. The van der Waals surface area contributed by atoms with Crippen molar-refractivity contribution in [3.8, 4) is 0 Å². The zero-order valence-electron chi connectivity index (χ0n) is 10.3. The number of amides is 1. The highest BCUT2D eigenvalue weighted by Gasteiger charge is 2.01. The molecule has 0 aliphatic carbocycles. The van der Waals surface area contributed by atoms with Gasteiger partial charge in [0.25, 0.3) is 0 Å². The summed E-state index contributed by atoms with van der Waals surface area (Å²) in [7, 11) is 1.30. The Kier molecular flexibility index (Phi) is 6.39. The number of carbonyl (C=O) groups is 2. The van der Waals surface area contributed by atoms with E-state index in [1.54, 1.807) is 24.3 Å². The Bertz CT molecular complexity index is 480. The number of halogens is 2. The maximum Gasteiger partial charge on any atom is 0.307 e. The Hall–Kier alpha value is -1.52. The zero-order valence-corrected chi connectivity index (χ0v) is 11.8. The van der Waals surface area contributed by atoms with Crippen molar-refractivity contribution in [2.24, 2.45) is 0 Å². The van der Waals surface area contributed by atoms with Gasteiger partial charge in [-0.2, -0.15) is 0 Å². The molecule has 1 N–H and O–H groups in total.